The zero-order valence-electron chi connectivity index (χ0n) is 11.5. The standard InChI is InChI=1S/C16H19NO2/c1-16(2,3)14(13-10-7-11-19-13)17-15(18)12-8-5-4-6-9-12/h4-11,14H,1-3H3,(H,17,18)/t14-/m0/s1. The summed E-state index contributed by atoms with van der Waals surface area (Å²) in [5.41, 5.74) is 0.533. The van der Waals surface area contributed by atoms with Crippen LogP contribution in [0.1, 0.15) is 42.9 Å². The average molecular weight is 257 g/mol. The maximum absolute atomic E-state index is 12.2. The zero-order valence-corrected chi connectivity index (χ0v) is 11.5. The number of carbonyl (C=O) groups is 1. The van der Waals surface area contributed by atoms with E-state index in [1.807, 2.05) is 30.3 Å². The van der Waals surface area contributed by atoms with E-state index >= 15 is 0 Å². The molecular formula is C16H19NO2. The van der Waals surface area contributed by atoms with Crippen molar-refractivity contribution in [3.8, 4) is 0 Å². The molecule has 1 N–H and O–H groups in total. The fraction of sp³-hybridized carbons (Fsp3) is 0.312. The van der Waals surface area contributed by atoms with E-state index in [0.29, 0.717) is 5.56 Å². The van der Waals surface area contributed by atoms with Crippen molar-refractivity contribution in [2.75, 3.05) is 0 Å². The van der Waals surface area contributed by atoms with Crippen molar-refractivity contribution >= 4 is 5.91 Å². The highest BCUT2D eigenvalue weighted by molar-refractivity contribution is 5.94. The van der Waals surface area contributed by atoms with Gasteiger partial charge in [0, 0.05) is 5.56 Å². The van der Waals surface area contributed by atoms with Crippen LogP contribution in [0.3, 0.4) is 0 Å². The number of benzene rings is 1. The number of nitrogens with one attached hydrogen (secondary N) is 1. The highest BCUT2D eigenvalue weighted by Gasteiger charge is 2.30. The van der Waals surface area contributed by atoms with Gasteiger partial charge in [-0.1, -0.05) is 39.0 Å². The van der Waals surface area contributed by atoms with E-state index in [2.05, 4.69) is 26.1 Å². The van der Waals surface area contributed by atoms with E-state index in [1.54, 1.807) is 18.4 Å². The van der Waals surface area contributed by atoms with E-state index < -0.39 is 0 Å². The molecule has 0 aliphatic rings. The number of furan rings is 1. The fourth-order valence-electron chi connectivity index (χ4n) is 1.97. The molecule has 1 aromatic heterocycles. The van der Waals surface area contributed by atoms with Gasteiger partial charge in [-0.15, -0.1) is 0 Å². The van der Waals surface area contributed by atoms with E-state index in [1.165, 1.54) is 0 Å². The summed E-state index contributed by atoms with van der Waals surface area (Å²) in [7, 11) is 0. The average Bonchev–Trinajstić information content (AvgIpc) is 2.88. The summed E-state index contributed by atoms with van der Waals surface area (Å²) in [6.07, 6.45) is 1.63. The Balaban J connectivity index is 2.21. The number of carbonyl (C=O) groups excluding carboxylic acids is 1. The van der Waals surface area contributed by atoms with E-state index in [9.17, 15) is 4.79 Å². The maximum atomic E-state index is 12.2. The van der Waals surface area contributed by atoms with Crippen molar-refractivity contribution in [3.05, 3.63) is 60.1 Å². The highest BCUT2D eigenvalue weighted by atomic mass is 16.3. The third-order valence-corrected chi connectivity index (χ3v) is 3.01. The van der Waals surface area contributed by atoms with Crippen LogP contribution in [-0.4, -0.2) is 5.91 Å². The summed E-state index contributed by atoms with van der Waals surface area (Å²) in [5, 5.41) is 3.04. The molecule has 2 aromatic rings. The van der Waals surface area contributed by atoms with Crippen LogP contribution < -0.4 is 5.32 Å². The topological polar surface area (TPSA) is 42.2 Å². The normalized spacial score (nSPS) is 13.0. The van der Waals surface area contributed by atoms with Crippen molar-refractivity contribution in [1.29, 1.82) is 0 Å². The van der Waals surface area contributed by atoms with Gasteiger partial charge in [-0.25, -0.2) is 0 Å². The summed E-state index contributed by atoms with van der Waals surface area (Å²) in [4.78, 5) is 12.2. The van der Waals surface area contributed by atoms with E-state index in [4.69, 9.17) is 4.42 Å². The zero-order chi connectivity index (χ0) is 13.9. The molecule has 0 radical (unpaired) electrons. The molecule has 1 heterocycles. The maximum Gasteiger partial charge on any atom is 0.251 e. The monoisotopic (exact) mass is 257 g/mol. The van der Waals surface area contributed by atoms with Crippen molar-refractivity contribution < 1.29 is 9.21 Å². The van der Waals surface area contributed by atoms with Crippen molar-refractivity contribution in [3.63, 3.8) is 0 Å². The molecule has 0 aliphatic carbocycles. The predicted molar refractivity (Wildman–Crippen MR) is 74.8 cm³/mol. The molecule has 0 fully saturated rings. The van der Waals surface area contributed by atoms with Crippen molar-refractivity contribution in [1.82, 2.24) is 5.32 Å². The molecule has 1 atom stereocenters. The lowest BCUT2D eigenvalue weighted by Gasteiger charge is -2.29. The molecule has 1 aromatic carbocycles. The van der Waals surface area contributed by atoms with Gasteiger partial charge in [0.2, 0.25) is 0 Å². The largest absolute Gasteiger partial charge is 0.467 e. The molecule has 0 unspecified atom stereocenters. The highest BCUT2D eigenvalue weighted by Crippen LogP contribution is 2.33. The lowest BCUT2D eigenvalue weighted by atomic mass is 9.85. The van der Waals surface area contributed by atoms with E-state index in [0.717, 1.165) is 5.76 Å². The van der Waals surface area contributed by atoms with Crippen LogP contribution in [0.4, 0.5) is 0 Å². The number of rotatable bonds is 3. The molecule has 0 aliphatic heterocycles. The first kappa shape index (κ1) is 13.4. The molecule has 2 rings (SSSR count). The molecule has 0 saturated carbocycles. The van der Waals surface area contributed by atoms with Gasteiger partial charge in [0.05, 0.1) is 12.3 Å². The minimum absolute atomic E-state index is 0.0862. The molecule has 0 bridgehead atoms. The Morgan fingerprint density at radius 3 is 2.32 bits per heavy atom. The molecule has 3 nitrogen and oxygen atoms in total. The Hall–Kier alpha value is -2.03. The first-order valence-electron chi connectivity index (χ1n) is 6.38. The van der Waals surface area contributed by atoms with Gasteiger partial charge in [-0.05, 0) is 29.7 Å². The van der Waals surface area contributed by atoms with Crippen molar-refractivity contribution in [2.24, 2.45) is 5.41 Å². The van der Waals surface area contributed by atoms with Crippen LogP contribution in [0.5, 0.6) is 0 Å². The minimum Gasteiger partial charge on any atom is -0.467 e. The lowest BCUT2D eigenvalue weighted by molar-refractivity contribution is 0.0889. The number of amides is 1. The molecule has 0 spiro atoms. The van der Waals surface area contributed by atoms with E-state index in [-0.39, 0.29) is 17.4 Å². The second-order valence-corrected chi connectivity index (χ2v) is 5.65. The van der Waals surface area contributed by atoms with Gasteiger partial charge in [-0.3, -0.25) is 4.79 Å². The van der Waals surface area contributed by atoms with Crippen LogP contribution in [0, 0.1) is 5.41 Å². The summed E-state index contributed by atoms with van der Waals surface area (Å²) in [5.74, 6) is 0.689. The summed E-state index contributed by atoms with van der Waals surface area (Å²) in [6, 6.07) is 12.8. The van der Waals surface area contributed by atoms with Crippen LogP contribution in [0.2, 0.25) is 0 Å². The summed E-state index contributed by atoms with van der Waals surface area (Å²) < 4.78 is 5.44. The molecule has 0 saturated heterocycles. The Bertz CT molecular complexity index is 524. The van der Waals surface area contributed by atoms with Gasteiger partial charge in [0.1, 0.15) is 5.76 Å². The van der Waals surface area contributed by atoms with Gasteiger partial charge >= 0.3 is 0 Å². The second-order valence-electron chi connectivity index (χ2n) is 5.65. The summed E-state index contributed by atoms with van der Waals surface area (Å²) >= 11 is 0. The first-order valence-corrected chi connectivity index (χ1v) is 6.38. The van der Waals surface area contributed by atoms with Gasteiger partial charge in [-0.2, -0.15) is 0 Å². The number of hydrogen-bond acceptors (Lipinski definition) is 2. The number of hydrogen-bond donors (Lipinski definition) is 1. The lowest BCUT2D eigenvalue weighted by Crippen LogP contribution is -2.36. The van der Waals surface area contributed by atoms with Crippen molar-refractivity contribution in [2.45, 2.75) is 26.8 Å². The summed E-state index contributed by atoms with van der Waals surface area (Å²) in [6.45, 7) is 6.22. The SMILES string of the molecule is CC(C)(C)[C@@H](NC(=O)c1ccccc1)c1ccco1. The molecular weight excluding hydrogens is 238 g/mol. The van der Waals surface area contributed by atoms with Crippen LogP contribution in [-0.2, 0) is 0 Å². The minimum atomic E-state index is -0.157. The Kier molecular flexibility index (Phi) is 3.74. The smallest absolute Gasteiger partial charge is 0.251 e. The van der Waals surface area contributed by atoms with Gasteiger partial charge in [0.15, 0.2) is 0 Å². The fourth-order valence-corrected chi connectivity index (χ4v) is 1.97. The Morgan fingerprint density at radius 1 is 1.11 bits per heavy atom. The Morgan fingerprint density at radius 2 is 1.79 bits per heavy atom. The molecule has 100 valence electrons. The second kappa shape index (κ2) is 5.31. The van der Waals surface area contributed by atoms with Gasteiger partial charge < -0.3 is 9.73 Å². The van der Waals surface area contributed by atoms with Crippen LogP contribution in [0.15, 0.2) is 53.1 Å². The molecule has 3 heteroatoms. The van der Waals surface area contributed by atoms with Gasteiger partial charge in [0.25, 0.3) is 5.91 Å². The first-order chi connectivity index (χ1) is 8.98. The quantitative estimate of drug-likeness (QED) is 0.908. The predicted octanol–water partition coefficient (Wildman–Crippen LogP) is 3.80. The molecule has 19 heavy (non-hydrogen) atoms. The van der Waals surface area contributed by atoms with Crippen LogP contribution >= 0.6 is 0 Å². The Labute approximate surface area is 113 Å². The third kappa shape index (κ3) is 3.25. The molecule has 1 amide bonds. The third-order valence-electron chi connectivity index (χ3n) is 3.01. The van der Waals surface area contributed by atoms with Crippen LogP contribution in [0.25, 0.3) is 0 Å².